The molecule has 24 heavy (non-hydrogen) atoms. The highest BCUT2D eigenvalue weighted by molar-refractivity contribution is 6.32. The van der Waals surface area contributed by atoms with Gasteiger partial charge in [0.25, 0.3) is 5.56 Å². The third-order valence-corrected chi connectivity index (χ3v) is 4.12. The molecule has 124 valence electrons. The van der Waals surface area contributed by atoms with Crippen LogP contribution in [-0.4, -0.2) is 9.97 Å². The maximum atomic E-state index is 12.1. The molecule has 0 saturated heterocycles. The first-order valence-electron chi connectivity index (χ1n) is 7.65. The molecule has 6 heteroatoms. The first-order chi connectivity index (χ1) is 11.5. The molecule has 0 saturated carbocycles. The number of halogens is 1. The van der Waals surface area contributed by atoms with Crippen LogP contribution in [0, 0.1) is 0 Å². The van der Waals surface area contributed by atoms with Crippen molar-refractivity contribution in [3.63, 3.8) is 0 Å². The van der Waals surface area contributed by atoms with E-state index in [0.29, 0.717) is 21.9 Å². The summed E-state index contributed by atoms with van der Waals surface area (Å²) in [7, 11) is 0. The van der Waals surface area contributed by atoms with E-state index < -0.39 is 0 Å². The number of benzene rings is 1. The van der Waals surface area contributed by atoms with E-state index in [1.54, 1.807) is 31.3 Å². The Morgan fingerprint density at radius 2 is 2.04 bits per heavy atom. The van der Waals surface area contributed by atoms with Crippen molar-refractivity contribution in [3.8, 4) is 5.75 Å². The Hall–Kier alpha value is -2.37. The summed E-state index contributed by atoms with van der Waals surface area (Å²) in [6.45, 7) is 3.66. The minimum atomic E-state index is -0.350. The van der Waals surface area contributed by atoms with Crippen molar-refractivity contribution in [3.05, 3.63) is 69.2 Å². The molecule has 0 radical (unpaired) electrons. The molecule has 3 aromatic rings. The van der Waals surface area contributed by atoms with Crippen molar-refractivity contribution in [1.82, 2.24) is 9.97 Å². The highest BCUT2D eigenvalue weighted by atomic mass is 35.5. The highest BCUT2D eigenvalue weighted by Gasteiger charge is 2.14. The zero-order valence-electron chi connectivity index (χ0n) is 13.4. The number of ether oxygens (including phenoxy) is 1. The first kappa shape index (κ1) is 16.5. The predicted molar refractivity (Wildman–Crippen MR) is 95.5 cm³/mol. The van der Waals surface area contributed by atoms with E-state index in [2.05, 4.69) is 9.97 Å². The zero-order chi connectivity index (χ0) is 17.3. The number of nitrogens with two attached hydrogens (primary N) is 1. The molecule has 3 rings (SSSR count). The zero-order valence-corrected chi connectivity index (χ0v) is 14.2. The largest absolute Gasteiger partial charge is 0.483 e. The molecule has 1 aromatic carbocycles. The van der Waals surface area contributed by atoms with Gasteiger partial charge in [-0.1, -0.05) is 17.7 Å². The van der Waals surface area contributed by atoms with Gasteiger partial charge in [0.2, 0.25) is 0 Å². The molecular formula is C18H18ClN3O2. The normalized spacial score (nSPS) is 13.7. The first-order valence-corrected chi connectivity index (χ1v) is 8.03. The van der Waals surface area contributed by atoms with Crippen LogP contribution < -0.4 is 16.0 Å². The fourth-order valence-corrected chi connectivity index (χ4v) is 2.74. The summed E-state index contributed by atoms with van der Waals surface area (Å²) in [5, 5.41) is 1.28. The number of aromatic nitrogens is 2. The second-order valence-electron chi connectivity index (χ2n) is 5.73. The van der Waals surface area contributed by atoms with Crippen LogP contribution in [0.5, 0.6) is 5.75 Å². The van der Waals surface area contributed by atoms with E-state index >= 15 is 0 Å². The molecule has 0 amide bonds. The molecule has 0 aliphatic carbocycles. The van der Waals surface area contributed by atoms with Crippen LogP contribution in [-0.2, 0) is 0 Å². The van der Waals surface area contributed by atoms with Gasteiger partial charge < -0.3 is 15.5 Å². The van der Waals surface area contributed by atoms with E-state index in [0.717, 1.165) is 11.1 Å². The van der Waals surface area contributed by atoms with Gasteiger partial charge >= 0.3 is 0 Å². The fraction of sp³-hybridized carbons (Fsp3) is 0.222. The third kappa shape index (κ3) is 3.27. The molecule has 0 fully saturated rings. The SMILES string of the molecule is CC(Oc1cc2[nH]c(=O)c([C@H](C)N)cc2cc1Cl)c1ccccn1. The maximum Gasteiger partial charge on any atom is 0.253 e. The minimum absolute atomic E-state index is 0.205. The lowest BCUT2D eigenvalue weighted by Crippen LogP contribution is -2.19. The summed E-state index contributed by atoms with van der Waals surface area (Å²) >= 11 is 6.34. The summed E-state index contributed by atoms with van der Waals surface area (Å²) in [4.78, 5) is 19.2. The van der Waals surface area contributed by atoms with Gasteiger partial charge in [0.05, 0.1) is 16.2 Å². The average Bonchev–Trinajstić information content (AvgIpc) is 2.56. The molecule has 0 bridgehead atoms. The van der Waals surface area contributed by atoms with Crippen LogP contribution in [0.3, 0.4) is 0 Å². The Labute approximate surface area is 144 Å². The van der Waals surface area contributed by atoms with Crippen LogP contribution in [0.4, 0.5) is 0 Å². The van der Waals surface area contributed by atoms with Gasteiger partial charge in [-0.15, -0.1) is 0 Å². The van der Waals surface area contributed by atoms with Crippen molar-refractivity contribution in [2.24, 2.45) is 5.73 Å². The lowest BCUT2D eigenvalue weighted by molar-refractivity contribution is 0.222. The number of fused-ring (bicyclic) bond motifs is 1. The number of pyridine rings is 2. The van der Waals surface area contributed by atoms with Crippen LogP contribution in [0.2, 0.25) is 5.02 Å². The number of nitrogens with one attached hydrogen (secondary N) is 1. The fourth-order valence-electron chi connectivity index (χ4n) is 2.52. The Morgan fingerprint density at radius 3 is 2.71 bits per heavy atom. The van der Waals surface area contributed by atoms with Crippen LogP contribution >= 0.6 is 11.6 Å². The molecule has 0 spiro atoms. The van der Waals surface area contributed by atoms with Gasteiger partial charge in [-0.05, 0) is 38.1 Å². The number of hydrogen-bond acceptors (Lipinski definition) is 4. The van der Waals surface area contributed by atoms with Crippen molar-refractivity contribution < 1.29 is 4.74 Å². The van der Waals surface area contributed by atoms with Crippen molar-refractivity contribution in [2.45, 2.75) is 26.0 Å². The standard InChI is InChI=1S/C18H18ClN3O2/c1-10(20)13-7-12-8-14(19)17(9-16(12)22-18(13)23)24-11(2)15-5-3-4-6-21-15/h3-11H,20H2,1-2H3,(H,22,23)/t10-,11?/m0/s1. The molecule has 5 nitrogen and oxygen atoms in total. The number of aromatic amines is 1. The van der Waals surface area contributed by atoms with Crippen molar-refractivity contribution >= 4 is 22.5 Å². The molecule has 2 heterocycles. The van der Waals surface area contributed by atoms with E-state index in [4.69, 9.17) is 22.1 Å². The summed E-state index contributed by atoms with van der Waals surface area (Å²) < 4.78 is 5.92. The lowest BCUT2D eigenvalue weighted by Gasteiger charge is -2.16. The molecule has 2 aromatic heterocycles. The minimum Gasteiger partial charge on any atom is -0.483 e. The summed E-state index contributed by atoms with van der Waals surface area (Å²) in [6.07, 6.45) is 1.45. The molecular weight excluding hydrogens is 326 g/mol. The van der Waals surface area contributed by atoms with Gasteiger partial charge in [0, 0.05) is 29.3 Å². The highest BCUT2D eigenvalue weighted by Crippen LogP contribution is 2.32. The Balaban J connectivity index is 1.99. The maximum absolute atomic E-state index is 12.1. The van der Waals surface area contributed by atoms with E-state index in [9.17, 15) is 4.79 Å². The van der Waals surface area contributed by atoms with Gasteiger partial charge in [-0.25, -0.2) is 0 Å². The third-order valence-electron chi connectivity index (χ3n) is 3.82. The summed E-state index contributed by atoms with van der Waals surface area (Å²) in [6, 6.07) is 10.5. The van der Waals surface area contributed by atoms with Gasteiger partial charge in [0.1, 0.15) is 11.9 Å². The second-order valence-corrected chi connectivity index (χ2v) is 6.13. The predicted octanol–water partition coefficient (Wildman–Crippen LogP) is 3.74. The monoisotopic (exact) mass is 343 g/mol. The summed E-state index contributed by atoms with van der Waals surface area (Å²) in [5.74, 6) is 0.492. The molecule has 0 aliphatic rings. The van der Waals surface area contributed by atoms with Gasteiger partial charge in [0.15, 0.2) is 0 Å². The molecule has 2 atom stereocenters. The Kier molecular flexibility index (Phi) is 4.55. The number of hydrogen-bond donors (Lipinski definition) is 2. The van der Waals surface area contributed by atoms with Gasteiger partial charge in [-0.2, -0.15) is 0 Å². The number of rotatable bonds is 4. The van der Waals surface area contributed by atoms with Crippen LogP contribution in [0.25, 0.3) is 10.9 Å². The topological polar surface area (TPSA) is 81.0 Å². The van der Waals surface area contributed by atoms with Crippen molar-refractivity contribution in [1.29, 1.82) is 0 Å². The van der Waals surface area contributed by atoms with E-state index in [1.165, 1.54) is 0 Å². The van der Waals surface area contributed by atoms with E-state index in [1.807, 2.05) is 25.1 Å². The summed E-state index contributed by atoms with van der Waals surface area (Å²) in [5.41, 5.74) is 7.59. The lowest BCUT2D eigenvalue weighted by atomic mass is 10.1. The van der Waals surface area contributed by atoms with Crippen molar-refractivity contribution in [2.75, 3.05) is 0 Å². The van der Waals surface area contributed by atoms with Crippen LogP contribution in [0.15, 0.2) is 47.4 Å². The Morgan fingerprint density at radius 1 is 1.25 bits per heavy atom. The number of nitrogens with zero attached hydrogens (tertiary/aromatic N) is 1. The van der Waals surface area contributed by atoms with Gasteiger partial charge in [-0.3, -0.25) is 9.78 Å². The smallest absolute Gasteiger partial charge is 0.253 e. The average molecular weight is 344 g/mol. The number of H-pyrrole nitrogens is 1. The molecule has 3 N–H and O–H groups in total. The quantitative estimate of drug-likeness (QED) is 0.756. The Bertz CT molecular complexity index is 923. The molecule has 1 unspecified atom stereocenters. The van der Waals surface area contributed by atoms with E-state index in [-0.39, 0.29) is 17.7 Å². The second kappa shape index (κ2) is 6.63. The van der Waals surface area contributed by atoms with Crippen LogP contribution in [0.1, 0.15) is 37.3 Å². The molecule has 0 aliphatic heterocycles.